The molecule has 0 aliphatic heterocycles. The van der Waals surface area contributed by atoms with E-state index in [2.05, 4.69) is 47.4 Å². The van der Waals surface area contributed by atoms with E-state index in [0.717, 1.165) is 5.69 Å². The molecular formula is C20H21FN4. The van der Waals surface area contributed by atoms with Gasteiger partial charge in [-0.05, 0) is 35.2 Å². The number of para-hydroxylation sites is 2. The lowest BCUT2D eigenvalue weighted by Gasteiger charge is -2.23. The largest absolute Gasteiger partial charge is 0.340 e. The molecule has 0 saturated carbocycles. The fourth-order valence-corrected chi connectivity index (χ4v) is 2.56. The van der Waals surface area contributed by atoms with Crippen molar-refractivity contribution in [1.82, 2.24) is 9.97 Å². The van der Waals surface area contributed by atoms with Crippen LogP contribution in [0.5, 0.6) is 0 Å². The van der Waals surface area contributed by atoms with Crippen LogP contribution in [-0.4, -0.2) is 9.97 Å². The molecule has 128 valence electrons. The first-order chi connectivity index (χ1) is 11.9. The fraction of sp³-hybridized carbons (Fsp3) is 0.200. The second-order valence-electron chi connectivity index (χ2n) is 6.79. The van der Waals surface area contributed by atoms with E-state index in [9.17, 15) is 4.39 Å². The Kier molecular flexibility index (Phi) is 4.65. The van der Waals surface area contributed by atoms with Crippen LogP contribution in [-0.2, 0) is 5.41 Å². The van der Waals surface area contributed by atoms with E-state index < -0.39 is 0 Å². The van der Waals surface area contributed by atoms with Crippen molar-refractivity contribution in [2.75, 3.05) is 10.6 Å². The minimum absolute atomic E-state index is 0.00483. The third-order valence-corrected chi connectivity index (χ3v) is 3.77. The van der Waals surface area contributed by atoms with Gasteiger partial charge in [-0.1, -0.05) is 51.1 Å². The number of nitrogens with one attached hydrogen (secondary N) is 2. The highest BCUT2D eigenvalue weighted by Crippen LogP contribution is 2.31. The third kappa shape index (κ3) is 4.12. The zero-order valence-corrected chi connectivity index (χ0v) is 14.5. The summed E-state index contributed by atoms with van der Waals surface area (Å²) in [5.74, 6) is 0.636. The van der Waals surface area contributed by atoms with E-state index in [1.54, 1.807) is 30.5 Å². The summed E-state index contributed by atoms with van der Waals surface area (Å²) >= 11 is 0. The van der Waals surface area contributed by atoms with Gasteiger partial charge in [0.2, 0.25) is 5.95 Å². The molecule has 4 nitrogen and oxygen atoms in total. The average Bonchev–Trinajstić information content (AvgIpc) is 2.57. The van der Waals surface area contributed by atoms with Crippen LogP contribution in [0.3, 0.4) is 0 Å². The number of aromatic nitrogens is 2. The van der Waals surface area contributed by atoms with Gasteiger partial charge < -0.3 is 10.6 Å². The Morgan fingerprint density at radius 2 is 1.52 bits per heavy atom. The molecule has 0 fully saturated rings. The van der Waals surface area contributed by atoms with Gasteiger partial charge in [-0.15, -0.1) is 0 Å². The highest BCUT2D eigenvalue weighted by molar-refractivity contribution is 5.63. The first kappa shape index (κ1) is 16.9. The topological polar surface area (TPSA) is 49.8 Å². The average molecular weight is 336 g/mol. The quantitative estimate of drug-likeness (QED) is 0.670. The van der Waals surface area contributed by atoms with Gasteiger partial charge in [0.05, 0.1) is 5.69 Å². The maximum Gasteiger partial charge on any atom is 0.229 e. The Balaban J connectivity index is 1.85. The molecule has 0 aliphatic rings. The molecule has 1 heterocycles. The Morgan fingerprint density at radius 3 is 2.24 bits per heavy atom. The van der Waals surface area contributed by atoms with Crippen molar-refractivity contribution in [3.05, 3.63) is 72.2 Å². The Labute approximate surface area is 147 Å². The van der Waals surface area contributed by atoms with Gasteiger partial charge in [-0.3, -0.25) is 0 Å². The summed E-state index contributed by atoms with van der Waals surface area (Å²) < 4.78 is 13.8. The van der Waals surface area contributed by atoms with Gasteiger partial charge in [0.15, 0.2) is 0 Å². The Morgan fingerprint density at radius 1 is 0.840 bits per heavy atom. The summed E-state index contributed by atoms with van der Waals surface area (Å²) in [5, 5.41) is 6.24. The van der Waals surface area contributed by atoms with Crippen LogP contribution in [0.2, 0.25) is 0 Å². The van der Waals surface area contributed by atoms with Crippen molar-refractivity contribution in [3.8, 4) is 0 Å². The maximum atomic E-state index is 13.8. The lowest BCUT2D eigenvalue weighted by molar-refractivity contribution is 0.592. The highest BCUT2D eigenvalue weighted by atomic mass is 19.1. The predicted molar refractivity (Wildman–Crippen MR) is 100 cm³/mol. The van der Waals surface area contributed by atoms with Gasteiger partial charge in [0.1, 0.15) is 11.6 Å². The van der Waals surface area contributed by atoms with Crippen molar-refractivity contribution in [1.29, 1.82) is 0 Å². The van der Waals surface area contributed by atoms with Crippen LogP contribution in [0.15, 0.2) is 60.8 Å². The van der Waals surface area contributed by atoms with Gasteiger partial charge in [0, 0.05) is 11.9 Å². The molecule has 2 aromatic carbocycles. The summed E-state index contributed by atoms with van der Waals surface area (Å²) in [6.45, 7) is 6.50. The van der Waals surface area contributed by atoms with Gasteiger partial charge >= 0.3 is 0 Å². The minimum atomic E-state index is -0.345. The molecule has 0 atom stereocenters. The zero-order chi connectivity index (χ0) is 17.9. The standard InChI is InChI=1S/C20H21FN4/c1-20(2,3)14-8-4-6-10-16(14)23-18-12-13-22-19(25-18)24-17-11-7-5-9-15(17)21/h4-13H,1-3H3,(H2,22,23,24,25). The molecule has 3 aromatic rings. The predicted octanol–water partition coefficient (Wildman–Crippen LogP) is 5.40. The smallest absolute Gasteiger partial charge is 0.229 e. The van der Waals surface area contributed by atoms with Crippen LogP contribution in [0.25, 0.3) is 0 Å². The van der Waals surface area contributed by atoms with E-state index in [1.807, 2.05) is 18.2 Å². The van der Waals surface area contributed by atoms with Crippen molar-refractivity contribution in [2.24, 2.45) is 0 Å². The molecule has 25 heavy (non-hydrogen) atoms. The molecule has 0 bridgehead atoms. The first-order valence-electron chi connectivity index (χ1n) is 8.14. The van der Waals surface area contributed by atoms with Crippen molar-refractivity contribution < 1.29 is 4.39 Å². The lowest BCUT2D eigenvalue weighted by atomic mass is 9.86. The number of nitrogens with zero attached hydrogens (tertiary/aromatic N) is 2. The molecule has 0 saturated heterocycles. The monoisotopic (exact) mass is 336 g/mol. The number of rotatable bonds is 4. The van der Waals surface area contributed by atoms with E-state index >= 15 is 0 Å². The van der Waals surface area contributed by atoms with E-state index in [-0.39, 0.29) is 11.2 Å². The van der Waals surface area contributed by atoms with E-state index in [4.69, 9.17) is 0 Å². The number of hydrogen-bond donors (Lipinski definition) is 2. The second kappa shape index (κ2) is 6.89. The first-order valence-corrected chi connectivity index (χ1v) is 8.14. The number of hydrogen-bond acceptors (Lipinski definition) is 4. The van der Waals surface area contributed by atoms with Crippen molar-refractivity contribution in [2.45, 2.75) is 26.2 Å². The van der Waals surface area contributed by atoms with Crippen LogP contribution < -0.4 is 10.6 Å². The SMILES string of the molecule is CC(C)(C)c1ccccc1Nc1ccnc(Nc2ccccc2F)n1. The van der Waals surface area contributed by atoms with Crippen molar-refractivity contribution >= 4 is 23.1 Å². The Bertz CT molecular complexity index is 871. The molecule has 1 aromatic heterocycles. The summed E-state index contributed by atoms with van der Waals surface area (Å²) in [6.07, 6.45) is 1.64. The summed E-state index contributed by atoms with van der Waals surface area (Å²) in [6, 6.07) is 16.3. The second-order valence-corrected chi connectivity index (χ2v) is 6.79. The fourth-order valence-electron chi connectivity index (χ4n) is 2.56. The maximum absolute atomic E-state index is 13.8. The summed E-state index contributed by atoms with van der Waals surface area (Å²) in [7, 11) is 0. The van der Waals surface area contributed by atoms with Crippen LogP contribution >= 0.6 is 0 Å². The van der Waals surface area contributed by atoms with Gasteiger partial charge in [-0.25, -0.2) is 9.37 Å². The molecule has 0 radical (unpaired) electrons. The summed E-state index contributed by atoms with van der Waals surface area (Å²) in [4.78, 5) is 8.59. The van der Waals surface area contributed by atoms with E-state index in [1.165, 1.54) is 11.6 Å². The van der Waals surface area contributed by atoms with Gasteiger partial charge in [-0.2, -0.15) is 4.98 Å². The van der Waals surface area contributed by atoms with Crippen LogP contribution in [0.1, 0.15) is 26.3 Å². The molecule has 0 aliphatic carbocycles. The molecule has 0 spiro atoms. The lowest BCUT2D eigenvalue weighted by Crippen LogP contribution is -2.13. The molecule has 3 rings (SSSR count). The molecule has 0 amide bonds. The highest BCUT2D eigenvalue weighted by Gasteiger charge is 2.17. The molecule has 0 unspecified atom stereocenters. The normalized spacial score (nSPS) is 11.2. The van der Waals surface area contributed by atoms with Crippen molar-refractivity contribution in [3.63, 3.8) is 0 Å². The van der Waals surface area contributed by atoms with Gasteiger partial charge in [0.25, 0.3) is 0 Å². The zero-order valence-electron chi connectivity index (χ0n) is 14.5. The minimum Gasteiger partial charge on any atom is -0.340 e. The Hall–Kier alpha value is -2.95. The third-order valence-electron chi connectivity index (χ3n) is 3.77. The van der Waals surface area contributed by atoms with Crippen LogP contribution in [0, 0.1) is 5.82 Å². The summed E-state index contributed by atoms with van der Waals surface area (Å²) in [5.41, 5.74) is 2.53. The molecule has 2 N–H and O–H groups in total. The van der Waals surface area contributed by atoms with Crippen LogP contribution in [0.4, 0.5) is 27.5 Å². The van der Waals surface area contributed by atoms with E-state index in [0.29, 0.717) is 17.5 Å². The number of benzene rings is 2. The number of anilines is 4. The molecular weight excluding hydrogens is 315 g/mol. The molecule has 5 heteroatoms. The number of halogens is 1.